The standard InChI is InChI=1S/C27H38N8O2/c1-18-8-9-19(26(37)30-25(28)14-24(36)27(2,3)4)13-23(18)35-17-22(31-32-35)20-12-21(16-29-15-20)34(7)11-10-33(5)6/h8-9,12-13,15-16,22H,10-11,14,17H2,1-7H3,(H2,28,30,37). The number of nitrogens with zero attached hydrogens (tertiary/aromatic N) is 7. The summed E-state index contributed by atoms with van der Waals surface area (Å²) in [5, 5.41) is 10.6. The summed E-state index contributed by atoms with van der Waals surface area (Å²) in [6, 6.07) is 7.21. The minimum absolute atomic E-state index is 0.0101. The van der Waals surface area contributed by atoms with Crippen molar-refractivity contribution >= 4 is 28.9 Å². The van der Waals surface area contributed by atoms with E-state index in [4.69, 9.17) is 5.73 Å². The highest BCUT2D eigenvalue weighted by atomic mass is 16.1. The monoisotopic (exact) mass is 506 g/mol. The Hall–Kier alpha value is -3.66. The topological polar surface area (TPSA) is 120 Å². The van der Waals surface area contributed by atoms with Gasteiger partial charge in [0.1, 0.15) is 17.7 Å². The average molecular weight is 507 g/mol. The van der Waals surface area contributed by atoms with Crippen LogP contribution in [-0.2, 0) is 4.79 Å². The van der Waals surface area contributed by atoms with E-state index in [-0.39, 0.29) is 24.1 Å². The second-order valence-electron chi connectivity index (χ2n) is 10.8. The van der Waals surface area contributed by atoms with Gasteiger partial charge >= 0.3 is 0 Å². The molecule has 198 valence electrons. The first kappa shape index (κ1) is 27.9. The Labute approximate surface area is 219 Å². The Balaban J connectivity index is 1.72. The molecule has 1 aromatic carbocycles. The molecule has 3 rings (SSSR count). The summed E-state index contributed by atoms with van der Waals surface area (Å²) >= 11 is 0. The maximum atomic E-state index is 12.8. The van der Waals surface area contributed by atoms with Gasteiger partial charge in [-0.3, -0.25) is 14.6 Å². The van der Waals surface area contributed by atoms with Gasteiger partial charge in [-0.05, 0) is 44.8 Å². The van der Waals surface area contributed by atoms with Crippen LogP contribution in [0.5, 0.6) is 0 Å². The number of hydrogen-bond acceptors (Lipinski definition) is 8. The van der Waals surface area contributed by atoms with E-state index in [1.807, 2.05) is 53.2 Å². The first-order valence-corrected chi connectivity index (χ1v) is 12.4. The van der Waals surface area contributed by atoms with Crippen LogP contribution in [0, 0.1) is 12.3 Å². The van der Waals surface area contributed by atoms with Crippen LogP contribution in [-0.4, -0.2) is 68.2 Å². The van der Waals surface area contributed by atoms with Gasteiger partial charge in [0.25, 0.3) is 5.91 Å². The van der Waals surface area contributed by atoms with E-state index in [1.54, 1.807) is 17.1 Å². The molecule has 1 aliphatic heterocycles. The molecular formula is C27H38N8O2. The van der Waals surface area contributed by atoms with E-state index in [0.29, 0.717) is 12.1 Å². The fraction of sp³-hybridized carbons (Fsp3) is 0.481. The molecule has 0 fully saturated rings. The molecule has 1 aromatic heterocycles. The summed E-state index contributed by atoms with van der Waals surface area (Å²) in [7, 11) is 6.15. The molecule has 0 spiro atoms. The van der Waals surface area contributed by atoms with Gasteiger partial charge in [-0.1, -0.05) is 32.1 Å². The highest BCUT2D eigenvalue weighted by Gasteiger charge is 2.25. The van der Waals surface area contributed by atoms with Crippen LogP contribution in [0.2, 0.25) is 0 Å². The van der Waals surface area contributed by atoms with E-state index in [2.05, 4.69) is 50.3 Å². The van der Waals surface area contributed by atoms with Crippen molar-refractivity contribution in [2.75, 3.05) is 50.7 Å². The summed E-state index contributed by atoms with van der Waals surface area (Å²) in [6.45, 7) is 9.73. The number of likely N-dealkylation sites (N-methyl/N-ethyl adjacent to an activating group) is 2. The number of pyridine rings is 1. The summed E-state index contributed by atoms with van der Waals surface area (Å²) in [5.41, 5.74) is 9.45. The van der Waals surface area contributed by atoms with Crippen molar-refractivity contribution < 1.29 is 9.59 Å². The quantitative estimate of drug-likeness (QED) is 0.405. The number of nitrogens with two attached hydrogens (primary N) is 1. The highest BCUT2D eigenvalue weighted by Crippen LogP contribution is 2.32. The SMILES string of the molecule is Cc1ccc(C(=O)N=C(N)CC(=O)C(C)(C)C)cc1N1CC(c2cncc(N(C)CCN(C)C)c2)N=N1. The van der Waals surface area contributed by atoms with Crippen molar-refractivity contribution in [1.29, 1.82) is 0 Å². The molecule has 10 nitrogen and oxygen atoms in total. The van der Waals surface area contributed by atoms with Crippen molar-refractivity contribution in [2.24, 2.45) is 26.5 Å². The lowest BCUT2D eigenvalue weighted by Crippen LogP contribution is -2.28. The number of rotatable bonds is 9. The molecule has 0 saturated heterocycles. The second kappa shape index (κ2) is 11.6. The van der Waals surface area contributed by atoms with Gasteiger partial charge in [-0.2, -0.15) is 10.1 Å². The van der Waals surface area contributed by atoms with Gasteiger partial charge in [-0.25, -0.2) is 5.01 Å². The van der Waals surface area contributed by atoms with Gasteiger partial charge in [0.05, 0.1) is 30.5 Å². The summed E-state index contributed by atoms with van der Waals surface area (Å²) < 4.78 is 0. The smallest absolute Gasteiger partial charge is 0.278 e. The Bertz CT molecular complexity index is 1200. The number of anilines is 2. The molecule has 1 amide bonds. The van der Waals surface area contributed by atoms with Crippen LogP contribution < -0.4 is 15.6 Å². The lowest BCUT2D eigenvalue weighted by molar-refractivity contribution is -0.125. The van der Waals surface area contributed by atoms with E-state index in [0.717, 1.165) is 35.6 Å². The van der Waals surface area contributed by atoms with Crippen LogP contribution >= 0.6 is 0 Å². The van der Waals surface area contributed by atoms with E-state index >= 15 is 0 Å². The number of ketones is 1. The minimum Gasteiger partial charge on any atom is -0.387 e. The van der Waals surface area contributed by atoms with Gasteiger partial charge in [-0.15, -0.1) is 0 Å². The fourth-order valence-electron chi connectivity index (χ4n) is 3.68. The highest BCUT2D eigenvalue weighted by molar-refractivity contribution is 6.09. The Morgan fingerprint density at radius 3 is 2.54 bits per heavy atom. The summed E-state index contributed by atoms with van der Waals surface area (Å²) in [5.74, 6) is -0.557. The molecule has 1 atom stereocenters. The zero-order chi connectivity index (χ0) is 27.3. The maximum Gasteiger partial charge on any atom is 0.278 e. The molecule has 2 aromatic rings. The molecular weight excluding hydrogens is 468 g/mol. The molecule has 37 heavy (non-hydrogen) atoms. The van der Waals surface area contributed by atoms with E-state index in [9.17, 15) is 9.59 Å². The van der Waals surface area contributed by atoms with Crippen molar-refractivity contribution in [3.05, 3.63) is 53.3 Å². The van der Waals surface area contributed by atoms with E-state index < -0.39 is 11.3 Å². The summed E-state index contributed by atoms with van der Waals surface area (Å²) in [4.78, 5) is 37.7. The molecule has 2 N–H and O–H groups in total. The first-order valence-electron chi connectivity index (χ1n) is 12.4. The van der Waals surface area contributed by atoms with Crippen LogP contribution in [0.3, 0.4) is 0 Å². The Kier molecular flexibility index (Phi) is 8.75. The van der Waals surface area contributed by atoms with Crippen molar-refractivity contribution in [2.45, 2.75) is 40.2 Å². The lowest BCUT2D eigenvalue weighted by atomic mass is 9.89. The van der Waals surface area contributed by atoms with Crippen LogP contribution in [0.4, 0.5) is 11.4 Å². The number of aryl methyl sites for hydroxylation is 1. The summed E-state index contributed by atoms with van der Waals surface area (Å²) in [6.07, 6.45) is 3.61. The number of aromatic nitrogens is 1. The predicted octanol–water partition coefficient (Wildman–Crippen LogP) is 3.82. The number of amidine groups is 1. The normalized spacial score (nSPS) is 15.9. The Morgan fingerprint density at radius 1 is 1.14 bits per heavy atom. The molecule has 1 unspecified atom stereocenters. The number of Topliss-reactive ketones (excluding diaryl/α,β-unsaturated/α-hetero) is 1. The second-order valence-corrected chi connectivity index (χ2v) is 10.8. The predicted molar refractivity (Wildman–Crippen MR) is 147 cm³/mol. The molecule has 1 aliphatic rings. The zero-order valence-corrected chi connectivity index (χ0v) is 22.9. The average Bonchev–Trinajstić information content (AvgIpc) is 3.32. The van der Waals surface area contributed by atoms with E-state index in [1.165, 1.54) is 0 Å². The van der Waals surface area contributed by atoms with Crippen molar-refractivity contribution in [1.82, 2.24) is 9.88 Å². The number of benzene rings is 1. The third kappa shape index (κ3) is 7.42. The number of carbonyl (C=O) groups is 2. The molecule has 0 bridgehead atoms. The fourth-order valence-corrected chi connectivity index (χ4v) is 3.68. The molecule has 10 heteroatoms. The molecule has 0 saturated carbocycles. The minimum atomic E-state index is -0.547. The third-order valence-corrected chi connectivity index (χ3v) is 6.26. The maximum absolute atomic E-state index is 12.8. The largest absolute Gasteiger partial charge is 0.387 e. The number of hydrogen-bond donors (Lipinski definition) is 1. The van der Waals surface area contributed by atoms with Gasteiger partial charge in [0.15, 0.2) is 0 Å². The third-order valence-electron chi connectivity index (χ3n) is 6.26. The van der Waals surface area contributed by atoms with Crippen LogP contribution in [0.1, 0.15) is 54.7 Å². The van der Waals surface area contributed by atoms with Crippen molar-refractivity contribution in [3.63, 3.8) is 0 Å². The lowest BCUT2D eigenvalue weighted by Gasteiger charge is -2.22. The van der Waals surface area contributed by atoms with Gasteiger partial charge in [0.2, 0.25) is 0 Å². The first-order chi connectivity index (χ1) is 17.3. The Morgan fingerprint density at radius 2 is 1.86 bits per heavy atom. The van der Waals surface area contributed by atoms with Crippen LogP contribution in [0.15, 0.2) is 52.0 Å². The molecule has 2 heterocycles. The van der Waals surface area contributed by atoms with Crippen LogP contribution in [0.25, 0.3) is 0 Å². The number of aliphatic imine (C=N–C) groups is 1. The molecule has 0 radical (unpaired) electrons. The molecule has 0 aliphatic carbocycles. The zero-order valence-electron chi connectivity index (χ0n) is 22.9. The number of amides is 1. The van der Waals surface area contributed by atoms with Crippen molar-refractivity contribution in [3.8, 4) is 0 Å². The van der Waals surface area contributed by atoms with Gasteiger partial charge in [0, 0.05) is 42.9 Å². The van der Waals surface area contributed by atoms with Gasteiger partial charge < -0.3 is 15.5 Å². The number of carbonyl (C=O) groups excluding carboxylic acids is 2.